The molecule has 0 bridgehead atoms. The summed E-state index contributed by atoms with van der Waals surface area (Å²) >= 11 is 0. The average Bonchev–Trinajstić information content (AvgIpc) is 2.01. The smallest absolute Gasteiger partial charge is 0.0845 e. The SMILES string of the molecule is C#CC(N)C(C)(CC)N(C)C. The van der Waals surface area contributed by atoms with E-state index in [0.717, 1.165) is 6.42 Å². The van der Waals surface area contributed by atoms with Crippen LogP contribution in [0.3, 0.4) is 0 Å². The maximum absolute atomic E-state index is 5.79. The number of hydrogen-bond acceptors (Lipinski definition) is 2. The minimum atomic E-state index is -0.192. The number of hydrogen-bond donors (Lipinski definition) is 1. The fourth-order valence-corrected chi connectivity index (χ4v) is 0.994. The van der Waals surface area contributed by atoms with Crippen LogP contribution < -0.4 is 5.73 Å². The van der Waals surface area contributed by atoms with Crippen molar-refractivity contribution in [2.24, 2.45) is 5.73 Å². The number of nitrogens with zero attached hydrogens (tertiary/aromatic N) is 1. The van der Waals surface area contributed by atoms with E-state index in [2.05, 4.69) is 24.7 Å². The second-order valence-corrected chi connectivity index (χ2v) is 3.25. The minimum absolute atomic E-state index is 0.0747. The van der Waals surface area contributed by atoms with E-state index >= 15 is 0 Å². The molecule has 2 heteroatoms. The summed E-state index contributed by atoms with van der Waals surface area (Å²) in [5.74, 6) is 2.57. The zero-order valence-corrected chi connectivity index (χ0v) is 7.89. The molecule has 0 aliphatic rings. The van der Waals surface area contributed by atoms with Crippen molar-refractivity contribution in [1.29, 1.82) is 0 Å². The molecule has 11 heavy (non-hydrogen) atoms. The lowest BCUT2D eigenvalue weighted by Crippen LogP contribution is -2.54. The molecule has 2 unspecified atom stereocenters. The highest BCUT2D eigenvalue weighted by molar-refractivity contribution is 5.09. The van der Waals surface area contributed by atoms with Gasteiger partial charge < -0.3 is 10.6 Å². The van der Waals surface area contributed by atoms with Crippen molar-refractivity contribution in [3.05, 3.63) is 0 Å². The molecule has 2 atom stereocenters. The molecule has 0 saturated carbocycles. The van der Waals surface area contributed by atoms with Crippen LogP contribution in [0.5, 0.6) is 0 Å². The first-order valence-electron chi connectivity index (χ1n) is 3.88. The van der Waals surface area contributed by atoms with Gasteiger partial charge in [-0.05, 0) is 27.4 Å². The van der Waals surface area contributed by atoms with Crippen molar-refractivity contribution >= 4 is 0 Å². The Morgan fingerprint density at radius 3 is 2.18 bits per heavy atom. The van der Waals surface area contributed by atoms with Crippen LogP contribution in [0.15, 0.2) is 0 Å². The number of likely N-dealkylation sites (N-methyl/N-ethyl adjacent to an activating group) is 1. The monoisotopic (exact) mass is 154 g/mol. The predicted octanol–water partition coefficient (Wildman–Crippen LogP) is 0.677. The quantitative estimate of drug-likeness (QED) is 0.606. The lowest BCUT2D eigenvalue weighted by molar-refractivity contribution is 0.153. The fourth-order valence-electron chi connectivity index (χ4n) is 0.994. The molecule has 0 aromatic heterocycles. The lowest BCUT2D eigenvalue weighted by Gasteiger charge is -2.38. The Hall–Kier alpha value is -0.520. The van der Waals surface area contributed by atoms with Crippen LogP contribution in [0.4, 0.5) is 0 Å². The highest BCUT2D eigenvalue weighted by Crippen LogP contribution is 2.18. The normalized spacial score (nSPS) is 19.0. The van der Waals surface area contributed by atoms with Crippen LogP contribution in [0.2, 0.25) is 0 Å². The summed E-state index contributed by atoms with van der Waals surface area (Å²) in [6, 6.07) is -0.192. The van der Waals surface area contributed by atoms with Crippen molar-refractivity contribution in [2.45, 2.75) is 31.8 Å². The summed E-state index contributed by atoms with van der Waals surface area (Å²) in [5.41, 5.74) is 5.71. The minimum Gasteiger partial charge on any atom is -0.316 e. The highest BCUT2D eigenvalue weighted by atomic mass is 15.2. The highest BCUT2D eigenvalue weighted by Gasteiger charge is 2.30. The molecule has 64 valence electrons. The van der Waals surface area contributed by atoms with Crippen molar-refractivity contribution in [3.8, 4) is 12.3 Å². The van der Waals surface area contributed by atoms with Crippen molar-refractivity contribution in [1.82, 2.24) is 4.90 Å². The van der Waals surface area contributed by atoms with Gasteiger partial charge in [-0.1, -0.05) is 12.8 Å². The van der Waals surface area contributed by atoms with Gasteiger partial charge in [0.05, 0.1) is 6.04 Å². The molecule has 0 aliphatic carbocycles. The van der Waals surface area contributed by atoms with E-state index in [4.69, 9.17) is 12.2 Å². The average molecular weight is 154 g/mol. The van der Waals surface area contributed by atoms with Gasteiger partial charge in [0.1, 0.15) is 0 Å². The topological polar surface area (TPSA) is 29.3 Å². The van der Waals surface area contributed by atoms with Gasteiger partial charge in [-0.3, -0.25) is 0 Å². The van der Waals surface area contributed by atoms with E-state index in [1.807, 2.05) is 14.1 Å². The third-order valence-corrected chi connectivity index (χ3v) is 2.59. The molecule has 0 aliphatic heterocycles. The first-order chi connectivity index (χ1) is 4.99. The van der Waals surface area contributed by atoms with Gasteiger partial charge in [0.15, 0.2) is 0 Å². The molecule has 0 rings (SSSR count). The van der Waals surface area contributed by atoms with Gasteiger partial charge in [0.25, 0.3) is 0 Å². The first-order valence-corrected chi connectivity index (χ1v) is 3.88. The Bertz CT molecular complexity index is 157. The molecule has 0 amide bonds. The van der Waals surface area contributed by atoms with E-state index < -0.39 is 0 Å². The second-order valence-electron chi connectivity index (χ2n) is 3.25. The van der Waals surface area contributed by atoms with Gasteiger partial charge >= 0.3 is 0 Å². The maximum atomic E-state index is 5.79. The summed E-state index contributed by atoms with van der Waals surface area (Å²) < 4.78 is 0. The van der Waals surface area contributed by atoms with Crippen molar-refractivity contribution in [3.63, 3.8) is 0 Å². The van der Waals surface area contributed by atoms with Crippen LogP contribution in [-0.2, 0) is 0 Å². The fraction of sp³-hybridized carbons (Fsp3) is 0.778. The molecular formula is C9H18N2. The second kappa shape index (κ2) is 3.75. The molecule has 0 radical (unpaired) electrons. The van der Waals surface area contributed by atoms with Crippen LogP contribution in [0, 0.1) is 12.3 Å². The molecule has 0 heterocycles. The zero-order chi connectivity index (χ0) is 9.07. The number of rotatable bonds is 3. The third-order valence-electron chi connectivity index (χ3n) is 2.59. The Balaban J connectivity index is 4.48. The van der Waals surface area contributed by atoms with E-state index in [1.54, 1.807) is 0 Å². The Morgan fingerprint density at radius 1 is 1.64 bits per heavy atom. The summed E-state index contributed by atoms with van der Waals surface area (Å²) in [6.45, 7) is 4.18. The summed E-state index contributed by atoms with van der Waals surface area (Å²) in [6.07, 6.45) is 6.23. The third kappa shape index (κ3) is 1.95. The molecule has 0 aromatic carbocycles. The molecule has 0 aromatic rings. The van der Waals surface area contributed by atoms with Gasteiger partial charge in [0.2, 0.25) is 0 Å². The van der Waals surface area contributed by atoms with Crippen LogP contribution in [0.25, 0.3) is 0 Å². The van der Waals surface area contributed by atoms with Gasteiger partial charge in [-0.15, -0.1) is 6.42 Å². The summed E-state index contributed by atoms with van der Waals surface area (Å²) in [7, 11) is 4.00. The molecule has 0 saturated heterocycles. The molecular weight excluding hydrogens is 136 g/mol. The number of terminal acetylenes is 1. The van der Waals surface area contributed by atoms with Gasteiger partial charge in [-0.25, -0.2) is 0 Å². The van der Waals surface area contributed by atoms with E-state index in [1.165, 1.54) is 0 Å². The summed E-state index contributed by atoms with van der Waals surface area (Å²) in [5, 5.41) is 0. The predicted molar refractivity (Wildman–Crippen MR) is 49.2 cm³/mol. The Kier molecular flexibility index (Phi) is 3.57. The Morgan fingerprint density at radius 2 is 2.09 bits per heavy atom. The molecule has 0 fully saturated rings. The van der Waals surface area contributed by atoms with Gasteiger partial charge in [-0.2, -0.15) is 0 Å². The first kappa shape index (κ1) is 10.5. The standard InChI is InChI=1S/C9H18N2/c1-6-8(10)9(3,7-2)11(4)5/h1,8H,7,10H2,2-5H3. The molecule has 2 N–H and O–H groups in total. The summed E-state index contributed by atoms with van der Waals surface area (Å²) in [4.78, 5) is 2.08. The maximum Gasteiger partial charge on any atom is 0.0845 e. The van der Waals surface area contributed by atoms with E-state index in [-0.39, 0.29) is 11.6 Å². The van der Waals surface area contributed by atoms with E-state index in [9.17, 15) is 0 Å². The lowest BCUT2D eigenvalue weighted by atomic mass is 9.89. The number of nitrogens with two attached hydrogens (primary N) is 1. The zero-order valence-electron chi connectivity index (χ0n) is 7.89. The van der Waals surface area contributed by atoms with Crippen LogP contribution in [0.1, 0.15) is 20.3 Å². The van der Waals surface area contributed by atoms with Crippen LogP contribution in [-0.4, -0.2) is 30.6 Å². The molecule has 0 spiro atoms. The van der Waals surface area contributed by atoms with Crippen molar-refractivity contribution < 1.29 is 0 Å². The van der Waals surface area contributed by atoms with Gasteiger partial charge in [0, 0.05) is 5.54 Å². The van der Waals surface area contributed by atoms with Crippen LogP contribution >= 0.6 is 0 Å². The van der Waals surface area contributed by atoms with E-state index in [0.29, 0.717) is 0 Å². The largest absolute Gasteiger partial charge is 0.316 e. The Labute approximate surface area is 69.8 Å². The molecule has 2 nitrogen and oxygen atoms in total. The van der Waals surface area contributed by atoms with Crippen molar-refractivity contribution in [2.75, 3.05) is 14.1 Å².